The lowest BCUT2D eigenvalue weighted by molar-refractivity contribution is 0.687. The average molecular weight is 122 g/mol. The van der Waals surface area contributed by atoms with Gasteiger partial charge in [-0.15, -0.1) is 0 Å². The van der Waals surface area contributed by atoms with Crippen LogP contribution in [0.25, 0.3) is 4.85 Å². The van der Waals surface area contributed by atoms with Crippen molar-refractivity contribution >= 4 is 5.71 Å². The smallest absolute Gasteiger partial charge is 0.243 e. The normalized spacial score (nSPS) is 26.7. The summed E-state index contributed by atoms with van der Waals surface area (Å²) in [4.78, 5) is 7.61. The molecule has 0 saturated carbocycles. The highest BCUT2D eigenvalue weighted by Crippen LogP contribution is 2.09. The monoisotopic (exact) mass is 122 g/mol. The van der Waals surface area contributed by atoms with Crippen LogP contribution in [0.1, 0.15) is 19.8 Å². The van der Waals surface area contributed by atoms with E-state index in [-0.39, 0.29) is 6.04 Å². The van der Waals surface area contributed by atoms with Crippen molar-refractivity contribution < 1.29 is 0 Å². The number of nitrogens with zero attached hydrogens (tertiary/aromatic N) is 2. The number of hydrogen-bond donors (Lipinski definition) is 0. The van der Waals surface area contributed by atoms with Gasteiger partial charge in [0.05, 0.1) is 0 Å². The van der Waals surface area contributed by atoms with E-state index in [1.165, 1.54) is 5.71 Å². The van der Waals surface area contributed by atoms with E-state index in [4.69, 9.17) is 6.57 Å². The van der Waals surface area contributed by atoms with Gasteiger partial charge in [0, 0.05) is 12.1 Å². The van der Waals surface area contributed by atoms with Gasteiger partial charge in [0.1, 0.15) is 6.54 Å². The van der Waals surface area contributed by atoms with Crippen molar-refractivity contribution in [2.24, 2.45) is 4.99 Å². The van der Waals surface area contributed by atoms with Crippen molar-refractivity contribution in [3.05, 3.63) is 11.4 Å². The molecule has 0 aliphatic carbocycles. The van der Waals surface area contributed by atoms with Gasteiger partial charge in [-0.2, -0.15) is 0 Å². The average Bonchev–Trinajstić information content (AvgIpc) is 1.90. The minimum absolute atomic E-state index is 0.175. The van der Waals surface area contributed by atoms with Gasteiger partial charge in [0.25, 0.3) is 0 Å². The molecule has 0 aromatic carbocycles. The zero-order chi connectivity index (χ0) is 6.69. The minimum Gasteiger partial charge on any atom is -0.312 e. The summed E-state index contributed by atoms with van der Waals surface area (Å²) < 4.78 is 0. The number of aliphatic imine (C=N–C) groups is 1. The molecule has 1 aliphatic heterocycles. The van der Waals surface area contributed by atoms with E-state index in [0.29, 0.717) is 0 Å². The van der Waals surface area contributed by atoms with Crippen LogP contribution in [0.5, 0.6) is 0 Å². The summed E-state index contributed by atoms with van der Waals surface area (Å²) in [6.07, 6.45) is 2.03. The molecule has 2 heteroatoms. The molecular weight excluding hydrogens is 112 g/mol. The molecule has 0 fully saturated rings. The second kappa shape index (κ2) is 2.63. The van der Waals surface area contributed by atoms with Crippen LogP contribution in [0.2, 0.25) is 0 Å². The zero-order valence-corrected chi connectivity index (χ0v) is 5.59. The predicted octanol–water partition coefficient (Wildman–Crippen LogP) is 1.53. The van der Waals surface area contributed by atoms with Crippen LogP contribution in [0.4, 0.5) is 0 Å². The molecule has 1 unspecified atom stereocenters. The summed E-state index contributed by atoms with van der Waals surface area (Å²) >= 11 is 0. The Morgan fingerprint density at radius 2 is 2.56 bits per heavy atom. The molecule has 0 aromatic heterocycles. The summed E-state index contributed by atoms with van der Waals surface area (Å²) in [5, 5.41) is 0. The molecule has 9 heavy (non-hydrogen) atoms. The summed E-state index contributed by atoms with van der Waals surface area (Å²) in [5.74, 6) is 0. The van der Waals surface area contributed by atoms with Crippen molar-refractivity contribution in [2.75, 3.05) is 6.54 Å². The third-order valence-corrected chi connectivity index (χ3v) is 1.59. The van der Waals surface area contributed by atoms with Gasteiger partial charge in [-0.05, 0) is 13.3 Å². The maximum absolute atomic E-state index is 6.72. The summed E-state index contributed by atoms with van der Waals surface area (Å²) in [6.45, 7) is 9.48. The van der Waals surface area contributed by atoms with Gasteiger partial charge in [-0.3, -0.25) is 4.99 Å². The van der Waals surface area contributed by atoms with Crippen LogP contribution in [-0.2, 0) is 0 Å². The molecule has 1 heterocycles. The zero-order valence-electron chi connectivity index (χ0n) is 5.59. The van der Waals surface area contributed by atoms with E-state index in [1.54, 1.807) is 0 Å². The van der Waals surface area contributed by atoms with Gasteiger partial charge in [-0.25, -0.2) is 6.57 Å². The van der Waals surface area contributed by atoms with E-state index in [1.807, 2.05) is 6.92 Å². The Hall–Kier alpha value is -0.840. The SMILES string of the molecule is [C-]#[N+]C1CCC(C)=NC1. The topological polar surface area (TPSA) is 16.7 Å². The quantitative estimate of drug-likeness (QED) is 0.433. The standard InChI is InChI=1S/C7H10N2/c1-6-3-4-7(8-2)5-9-6/h7H,3-5H2,1H3. The summed E-state index contributed by atoms with van der Waals surface area (Å²) in [6, 6.07) is 0.175. The van der Waals surface area contributed by atoms with Crippen molar-refractivity contribution in [2.45, 2.75) is 25.8 Å². The first kappa shape index (κ1) is 6.28. The molecule has 0 spiro atoms. The predicted molar refractivity (Wildman–Crippen MR) is 37.6 cm³/mol. The van der Waals surface area contributed by atoms with E-state index in [2.05, 4.69) is 9.84 Å². The molecule has 48 valence electrons. The fourth-order valence-electron chi connectivity index (χ4n) is 0.912. The van der Waals surface area contributed by atoms with Gasteiger partial charge in [-0.1, -0.05) is 0 Å². The van der Waals surface area contributed by atoms with E-state index in [9.17, 15) is 0 Å². The van der Waals surface area contributed by atoms with Crippen LogP contribution >= 0.6 is 0 Å². The lowest BCUT2D eigenvalue weighted by atomic mass is 10.1. The first-order valence-corrected chi connectivity index (χ1v) is 3.19. The van der Waals surface area contributed by atoms with Crippen LogP contribution < -0.4 is 0 Å². The van der Waals surface area contributed by atoms with Crippen molar-refractivity contribution in [3.8, 4) is 0 Å². The van der Waals surface area contributed by atoms with Crippen molar-refractivity contribution in [1.29, 1.82) is 0 Å². The summed E-state index contributed by atoms with van der Waals surface area (Å²) in [5.41, 5.74) is 1.20. The Morgan fingerprint density at radius 1 is 1.78 bits per heavy atom. The van der Waals surface area contributed by atoms with Gasteiger partial charge in [0.15, 0.2) is 0 Å². The Balaban J connectivity index is 2.48. The molecule has 1 atom stereocenters. The molecule has 0 bridgehead atoms. The second-order valence-corrected chi connectivity index (χ2v) is 2.40. The first-order valence-electron chi connectivity index (χ1n) is 3.19. The summed E-state index contributed by atoms with van der Waals surface area (Å²) in [7, 11) is 0. The van der Waals surface area contributed by atoms with Crippen LogP contribution in [0.3, 0.4) is 0 Å². The highest BCUT2D eigenvalue weighted by atomic mass is 14.8. The molecule has 0 aromatic rings. The van der Waals surface area contributed by atoms with Crippen molar-refractivity contribution in [3.63, 3.8) is 0 Å². The maximum Gasteiger partial charge on any atom is 0.243 e. The lowest BCUT2D eigenvalue weighted by Gasteiger charge is -2.08. The van der Waals surface area contributed by atoms with Crippen LogP contribution in [0.15, 0.2) is 4.99 Å². The molecule has 1 rings (SSSR count). The van der Waals surface area contributed by atoms with Crippen molar-refractivity contribution in [1.82, 2.24) is 0 Å². The largest absolute Gasteiger partial charge is 0.312 e. The molecule has 2 nitrogen and oxygen atoms in total. The number of rotatable bonds is 0. The van der Waals surface area contributed by atoms with Gasteiger partial charge < -0.3 is 4.85 Å². The second-order valence-electron chi connectivity index (χ2n) is 2.40. The molecule has 1 aliphatic rings. The Kier molecular flexibility index (Phi) is 1.84. The molecule has 0 amide bonds. The molecule has 0 radical (unpaired) electrons. The Labute approximate surface area is 55.4 Å². The first-order chi connectivity index (χ1) is 4.33. The third-order valence-electron chi connectivity index (χ3n) is 1.59. The van der Waals surface area contributed by atoms with Crippen LogP contribution in [0, 0.1) is 6.57 Å². The highest BCUT2D eigenvalue weighted by molar-refractivity contribution is 5.82. The minimum atomic E-state index is 0.175. The number of hydrogen-bond acceptors (Lipinski definition) is 1. The Bertz CT molecular complexity index is 164. The molecule has 0 saturated heterocycles. The van der Waals surface area contributed by atoms with E-state index >= 15 is 0 Å². The Morgan fingerprint density at radius 3 is 3.00 bits per heavy atom. The maximum atomic E-state index is 6.72. The van der Waals surface area contributed by atoms with E-state index in [0.717, 1.165) is 19.4 Å². The molecule has 0 N–H and O–H groups in total. The van der Waals surface area contributed by atoms with Gasteiger partial charge >= 0.3 is 0 Å². The van der Waals surface area contributed by atoms with Crippen LogP contribution in [-0.4, -0.2) is 18.3 Å². The highest BCUT2D eigenvalue weighted by Gasteiger charge is 2.15. The molecular formula is C7H10N2. The lowest BCUT2D eigenvalue weighted by Crippen LogP contribution is -2.15. The van der Waals surface area contributed by atoms with Gasteiger partial charge in [0.2, 0.25) is 6.04 Å². The fourth-order valence-corrected chi connectivity index (χ4v) is 0.912. The van der Waals surface area contributed by atoms with E-state index < -0.39 is 0 Å². The third kappa shape index (κ3) is 1.53. The fraction of sp³-hybridized carbons (Fsp3) is 0.714.